The molecular formula is C24H27N7. The first-order valence-electron chi connectivity index (χ1n) is 10.4. The lowest BCUT2D eigenvalue weighted by atomic mass is 9.96. The van der Waals surface area contributed by atoms with Crippen LogP contribution in [0.15, 0.2) is 61.2 Å². The molecule has 0 amide bonds. The fourth-order valence-corrected chi connectivity index (χ4v) is 3.41. The second kappa shape index (κ2) is 8.63. The third kappa shape index (κ3) is 4.60. The van der Waals surface area contributed by atoms with E-state index in [0.717, 1.165) is 41.2 Å². The molecule has 2 aromatic heterocycles. The molecule has 1 N–H and O–H groups in total. The minimum atomic E-state index is -0.0860. The van der Waals surface area contributed by atoms with E-state index in [-0.39, 0.29) is 5.41 Å². The highest BCUT2D eigenvalue weighted by molar-refractivity contribution is 5.80. The Morgan fingerprint density at radius 3 is 2.42 bits per heavy atom. The van der Waals surface area contributed by atoms with Crippen LogP contribution in [0, 0.1) is 0 Å². The van der Waals surface area contributed by atoms with Gasteiger partial charge in [0.2, 0.25) is 0 Å². The van der Waals surface area contributed by atoms with Gasteiger partial charge in [-0.05, 0) is 33.5 Å². The predicted molar refractivity (Wildman–Crippen MR) is 121 cm³/mol. The second-order valence-electron chi connectivity index (χ2n) is 8.58. The maximum Gasteiger partial charge on any atom is 0.180 e. The van der Waals surface area contributed by atoms with Crippen LogP contribution in [0.3, 0.4) is 0 Å². The van der Waals surface area contributed by atoms with Gasteiger partial charge < -0.3 is 0 Å². The molecule has 4 rings (SSSR count). The van der Waals surface area contributed by atoms with Crippen molar-refractivity contribution in [3.8, 4) is 22.5 Å². The molecule has 2 aromatic carbocycles. The summed E-state index contributed by atoms with van der Waals surface area (Å²) in [6.45, 7) is 10.9. The number of aromatic nitrogens is 7. The number of hydrogen-bond acceptors (Lipinski definition) is 5. The van der Waals surface area contributed by atoms with E-state index in [2.05, 4.69) is 78.3 Å². The number of nitrogens with zero attached hydrogens (tertiary/aromatic N) is 6. The van der Waals surface area contributed by atoms with Crippen molar-refractivity contribution in [3.63, 3.8) is 0 Å². The smallest absolute Gasteiger partial charge is 0.180 e. The number of allylic oxidation sites excluding steroid dienone is 1. The van der Waals surface area contributed by atoms with Crippen LogP contribution in [-0.2, 0) is 18.4 Å². The van der Waals surface area contributed by atoms with Crippen molar-refractivity contribution in [2.45, 2.75) is 45.6 Å². The number of aryl methyl sites for hydroxylation is 1. The van der Waals surface area contributed by atoms with E-state index in [4.69, 9.17) is 10.1 Å². The summed E-state index contributed by atoms with van der Waals surface area (Å²) in [6.07, 6.45) is 3.64. The van der Waals surface area contributed by atoms with Gasteiger partial charge in [0.05, 0.1) is 6.54 Å². The summed E-state index contributed by atoms with van der Waals surface area (Å²) >= 11 is 0. The zero-order valence-electron chi connectivity index (χ0n) is 18.2. The van der Waals surface area contributed by atoms with Crippen LogP contribution in [0.2, 0.25) is 0 Å². The fraction of sp³-hybridized carbons (Fsp3) is 0.292. The molecule has 7 nitrogen and oxygen atoms in total. The number of H-pyrrole nitrogens is 1. The number of hydrogen-bond donors (Lipinski definition) is 1. The largest absolute Gasteiger partial charge is 0.245 e. The minimum Gasteiger partial charge on any atom is -0.245 e. The first-order valence-corrected chi connectivity index (χ1v) is 10.4. The molecule has 158 valence electrons. The van der Waals surface area contributed by atoms with Gasteiger partial charge in [-0.2, -0.15) is 5.10 Å². The van der Waals surface area contributed by atoms with E-state index >= 15 is 0 Å². The standard InChI is InChI=1S/C24H27N7/c1-5-6-11-21-25-23(24(2,3)4)28-31(21)16-17-12-14-18(15-13-17)19-9-7-8-10-20(19)22-26-29-30-27-22/h5,7-10,12-15H,1,6,11,16H2,2-4H3,(H,26,27,29,30). The van der Waals surface area contributed by atoms with Gasteiger partial charge in [-0.15, -0.1) is 11.7 Å². The number of aromatic amines is 1. The summed E-state index contributed by atoms with van der Waals surface area (Å²) in [5, 5.41) is 19.1. The number of rotatable bonds is 7. The van der Waals surface area contributed by atoms with Gasteiger partial charge in [0.1, 0.15) is 5.82 Å². The summed E-state index contributed by atoms with van der Waals surface area (Å²) < 4.78 is 2.02. The van der Waals surface area contributed by atoms with Crippen molar-refractivity contribution < 1.29 is 0 Å². The van der Waals surface area contributed by atoms with E-state index in [1.165, 1.54) is 5.56 Å². The zero-order valence-corrected chi connectivity index (χ0v) is 18.2. The van der Waals surface area contributed by atoms with Gasteiger partial charge in [0.15, 0.2) is 11.6 Å². The van der Waals surface area contributed by atoms with E-state index in [1.807, 2.05) is 29.0 Å². The molecule has 7 heteroatoms. The highest BCUT2D eigenvalue weighted by Gasteiger charge is 2.21. The van der Waals surface area contributed by atoms with E-state index in [1.54, 1.807) is 0 Å². The molecule has 0 radical (unpaired) electrons. The summed E-state index contributed by atoms with van der Waals surface area (Å²) in [6, 6.07) is 16.6. The van der Waals surface area contributed by atoms with Crippen LogP contribution < -0.4 is 0 Å². The summed E-state index contributed by atoms with van der Waals surface area (Å²) in [5.74, 6) is 2.53. The molecule has 0 saturated carbocycles. The Hall–Kier alpha value is -3.61. The monoisotopic (exact) mass is 413 g/mol. The van der Waals surface area contributed by atoms with Gasteiger partial charge >= 0.3 is 0 Å². The Kier molecular flexibility index (Phi) is 5.75. The van der Waals surface area contributed by atoms with Crippen molar-refractivity contribution in [2.24, 2.45) is 0 Å². The van der Waals surface area contributed by atoms with E-state index in [0.29, 0.717) is 12.4 Å². The minimum absolute atomic E-state index is 0.0860. The summed E-state index contributed by atoms with van der Waals surface area (Å²) in [7, 11) is 0. The Labute approximate surface area is 182 Å². The van der Waals surface area contributed by atoms with Gasteiger partial charge in [0, 0.05) is 17.4 Å². The molecule has 0 aliphatic heterocycles. The highest BCUT2D eigenvalue weighted by Crippen LogP contribution is 2.30. The SMILES string of the molecule is C=CCCc1nc(C(C)(C)C)nn1Cc1ccc(-c2ccccc2-c2nnn[nH]2)cc1. The Bertz CT molecular complexity index is 1150. The molecule has 0 aliphatic carbocycles. The number of benzene rings is 2. The maximum atomic E-state index is 4.80. The van der Waals surface area contributed by atoms with Crippen LogP contribution in [0.25, 0.3) is 22.5 Å². The first-order chi connectivity index (χ1) is 15.0. The van der Waals surface area contributed by atoms with Crippen molar-refractivity contribution in [1.82, 2.24) is 35.4 Å². The van der Waals surface area contributed by atoms with Crippen molar-refractivity contribution >= 4 is 0 Å². The van der Waals surface area contributed by atoms with Gasteiger partial charge in [-0.3, -0.25) is 0 Å². The van der Waals surface area contributed by atoms with E-state index < -0.39 is 0 Å². The molecule has 0 bridgehead atoms. The predicted octanol–water partition coefficient (Wildman–Crippen LogP) is 4.59. The molecule has 0 spiro atoms. The lowest BCUT2D eigenvalue weighted by Gasteiger charge is -2.12. The molecule has 0 fully saturated rings. The van der Waals surface area contributed by atoms with Crippen LogP contribution >= 0.6 is 0 Å². The number of tetrazole rings is 1. The van der Waals surface area contributed by atoms with Crippen molar-refractivity contribution in [1.29, 1.82) is 0 Å². The Morgan fingerprint density at radius 2 is 1.77 bits per heavy atom. The van der Waals surface area contributed by atoms with Gasteiger partial charge in [-0.1, -0.05) is 75.4 Å². The quantitative estimate of drug-likeness (QED) is 0.448. The average Bonchev–Trinajstić information content (AvgIpc) is 3.43. The summed E-state index contributed by atoms with van der Waals surface area (Å²) in [4.78, 5) is 4.80. The average molecular weight is 414 g/mol. The molecule has 31 heavy (non-hydrogen) atoms. The zero-order chi connectivity index (χ0) is 21.8. The molecular weight excluding hydrogens is 386 g/mol. The normalized spacial score (nSPS) is 11.6. The molecule has 0 saturated heterocycles. The third-order valence-electron chi connectivity index (χ3n) is 5.12. The Balaban J connectivity index is 1.61. The molecule has 4 aromatic rings. The third-order valence-corrected chi connectivity index (χ3v) is 5.12. The van der Waals surface area contributed by atoms with Crippen LogP contribution in [0.1, 0.15) is 44.4 Å². The fourth-order valence-electron chi connectivity index (χ4n) is 3.41. The number of nitrogens with one attached hydrogen (secondary N) is 1. The first kappa shape index (κ1) is 20.7. The Morgan fingerprint density at radius 1 is 1.03 bits per heavy atom. The van der Waals surface area contributed by atoms with Crippen molar-refractivity contribution in [2.75, 3.05) is 0 Å². The van der Waals surface area contributed by atoms with Crippen molar-refractivity contribution in [3.05, 3.63) is 78.4 Å². The van der Waals surface area contributed by atoms with E-state index in [9.17, 15) is 0 Å². The lowest BCUT2D eigenvalue weighted by Crippen LogP contribution is -2.14. The van der Waals surface area contributed by atoms with Gasteiger partial charge in [-0.25, -0.2) is 14.8 Å². The van der Waals surface area contributed by atoms with Gasteiger partial charge in [0.25, 0.3) is 0 Å². The topological polar surface area (TPSA) is 85.2 Å². The van der Waals surface area contributed by atoms with Crippen LogP contribution in [0.4, 0.5) is 0 Å². The molecule has 0 aliphatic rings. The van der Waals surface area contributed by atoms with Crippen LogP contribution in [0.5, 0.6) is 0 Å². The maximum absolute atomic E-state index is 4.80. The van der Waals surface area contributed by atoms with Crippen LogP contribution in [-0.4, -0.2) is 35.4 Å². The molecule has 0 unspecified atom stereocenters. The molecule has 2 heterocycles. The lowest BCUT2D eigenvalue weighted by molar-refractivity contribution is 0.532. The second-order valence-corrected chi connectivity index (χ2v) is 8.58. The highest BCUT2D eigenvalue weighted by atomic mass is 15.5. The summed E-state index contributed by atoms with van der Waals surface area (Å²) in [5.41, 5.74) is 4.25. The molecule has 0 atom stereocenters.